The Morgan fingerprint density at radius 3 is 2.72 bits per heavy atom. The van der Waals surface area contributed by atoms with E-state index in [1.165, 1.54) is 29.0 Å². The van der Waals surface area contributed by atoms with Crippen LogP contribution in [0.1, 0.15) is 11.3 Å². The van der Waals surface area contributed by atoms with Crippen molar-refractivity contribution in [2.45, 2.75) is 19.4 Å². The third-order valence-electron chi connectivity index (χ3n) is 3.93. The molecule has 0 unspecified atom stereocenters. The van der Waals surface area contributed by atoms with E-state index in [9.17, 15) is 18.4 Å². The molecule has 0 radical (unpaired) electrons. The van der Waals surface area contributed by atoms with Gasteiger partial charge in [0.15, 0.2) is 11.6 Å². The average molecular weight is 344 g/mol. The van der Waals surface area contributed by atoms with Crippen LogP contribution in [0.25, 0.3) is 11.0 Å². The van der Waals surface area contributed by atoms with Gasteiger partial charge in [-0.15, -0.1) is 0 Å². The summed E-state index contributed by atoms with van der Waals surface area (Å²) in [5.74, 6) is -2.95. The fourth-order valence-electron chi connectivity index (χ4n) is 2.79. The molecule has 0 amide bonds. The van der Waals surface area contributed by atoms with Gasteiger partial charge in [0.2, 0.25) is 5.43 Å². The summed E-state index contributed by atoms with van der Waals surface area (Å²) in [6.07, 6.45) is 1.78. The van der Waals surface area contributed by atoms with Gasteiger partial charge >= 0.3 is 5.97 Å². The van der Waals surface area contributed by atoms with Crippen LogP contribution in [0, 0.1) is 11.6 Å². The zero-order valence-electron chi connectivity index (χ0n) is 13.1. The fraction of sp³-hybridized carbons (Fsp3) is 0.167. The van der Waals surface area contributed by atoms with Crippen LogP contribution < -0.4 is 5.43 Å². The number of rotatable bonds is 5. The van der Waals surface area contributed by atoms with Gasteiger partial charge in [-0.05, 0) is 36.6 Å². The Hall–Kier alpha value is -3.09. The van der Waals surface area contributed by atoms with Crippen LogP contribution in [0.4, 0.5) is 8.78 Å². The van der Waals surface area contributed by atoms with Crippen LogP contribution in [0.3, 0.4) is 0 Å². The number of hydrogen-bond acceptors (Lipinski definition) is 3. The van der Waals surface area contributed by atoms with E-state index in [0.717, 1.165) is 6.07 Å². The van der Waals surface area contributed by atoms with Crippen LogP contribution in [0.5, 0.6) is 0 Å². The molecule has 5 nitrogen and oxygen atoms in total. The highest BCUT2D eigenvalue weighted by Crippen LogP contribution is 2.16. The highest BCUT2D eigenvalue weighted by molar-refractivity contribution is 5.77. The normalized spacial score (nSPS) is 11.0. The Morgan fingerprint density at radius 1 is 1.16 bits per heavy atom. The number of fused-ring (bicyclic) bond motifs is 1. The third kappa shape index (κ3) is 3.40. The molecule has 2 aromatic heterocycles. The molecule has 0 saturated heterocycles. The molecule has 1 N–H and O–H groups in total. The van der Waals surface area contributed by atoms with Gasteiger partial charge < -0.3 is 9.67 Å². The predicted octanol–water partition coefficient (Wildman–Crippen LogP) is 2.54. The molecule has 3 aromatic rings. The van der Waals surface area contributed by atoms with Gasteiger partial charge in [0.05, 0.1) is 5.52 Å². The van der Waals surface area contributed by atoms with E-state index in [1.807, 2.05) is 0 Å². The second-order valence-corrected chi connectivity index (χ2v) is 5.56. The van der Waals surface area contributed by atoms with Gasteiger partial charge in [-0.3, -0.25) is 14.6 Å². The molecule has 25 heavy (non-hydrogen) atoms. The molecular formula is C18H14F2N2O3. The molecule has 0 fully saturated rings. The minimum atomic E-state index is -1.08. The number of carboxylic acids is 1. The number of pyridine rings is 2. The van der Waals surface area contributed by atoms with Gasteiger partial charge in [-0.2, -0.15) is 0 Å². The van der Waals surface area contributed by atoms with Crippen molar-refractivity contribution in [3.63, 3.8) is 0 Å². The lowest BCUT2D eigenvalue weighted by Gasteiger charge is -2.15. The first-order valence-electron chi connectivity index (χ1n) is 7.59. The standard InChI is InChI=1S/C18H14F2N2O3/c19-13-4-1-3-11(17(13)20)6-7-12-9-15(23)18-14(5-2-8-21-18)22(12)10-16(24)25/h1-5,8-9H,6-7,10H2,(H,24,25). The number of hydrogen-bond donors (Lipinski definition) is 1. The highest BCUT2D eigenvalue weighted by Gasteiger charge is 2.14. The summed E-state index contributed by atoms with van der Waals surface area (Å²) in [5.41, 5.74) is 0.820. The third-order valence-corrected chi connectivity index (χ3v) is 3.93. The Kier molecular flexibility index (Phi) is 4.56. The minimum Gasteiger partial charge on any atom is -0.480 e. The second-order valence-electron chi connectivity index (χ2n) is 5.56. The monoisotopic (exact) mass is 344 g/mol. The van der Waals surface area contributed by atoms with E-state index < -0.39 is 17.6 Å². The maximum absolute atomic E-state index is 13.8. The number of benzene rings is 1. The number of aryl methyl sites for hydroxylation is 2. The Labute approximate surface area is 141 Å². The van der Waals surface area contributed by atoms with E-state index in [4.69, 9.17) is 5.11 Å². The summed E-state index contributed by atoms with van der Waals surface area (Å²) >= 11 is 0. The molecule has 1 aromatic carbocycles. The van der Waals surface area contributed by atoms with Crippen molar-refractivity contribution in [3.05, 3.63) is 75.7 Å². The van der Waals surface area contributed by atoms with Crippen molar-refractivity contribution in [1.29, 1.82) is 0 Å². The van der Waals surface area contributed by atoms with Crippen LogP contribution in [0.2, 0.25) is 0 Å². The molecule has 128 valence electrons. The van der Waals surface area contributed by atoms with E-state index in [0.29, 0.717) is 11.2 Å². The van der Waals surface area contributed by atoms with E-state index in [2.05, 4.69) is 4.98 Å². The van der Waals surface area contributed by atoms with Crippen molar-refractivity contribution in [3.8, 4) is 0 Å². The molecule has 0 aliphatic heterocycles. The number of aliphatic carboxylic acids is 1. The molecule has 0 spiro atoms. The van der Waals surface area contributed by atoms with Crippen LogP contribution >= 0.6 is 0 Å². The summed E-state index contributed by atoms with van der Waals surface area (Å²) in [5, 5.41) is 9.16. The molecule has 7 heteroatoms. The second kappa shape index (κ2) is 6.80. The van der Waals surface area contributed by atoms with E-state index >= 15 is 0 Å². The Bertz CT molecular complexity index is 1010. The Morgan fingerprint density at radius 2 is 1.96 bits per heavy atom. The molecular weight excluding hydrogens is 330 g/mol. The van der Waals surface area contributed by atoms with Crippen molar-refractivity contribution in [2.24, 2.45) is 0 Å². The highest BCUT2D eigenvalue weighted by atomic mass is 19.2. The lowest BCUT2D eigenvalue weighted by molar-refractivity contribution is -0.137. The van der Waals surface area contributed by atoms with E-state index in [-0.39, 0.29) is 35.9 Å². The smallest absolute Gasteiger partial charge is 0.323 e. The topological polar surface area (TPSA) is 72.2 Å². The Balaban J connectivity index is 2.04. The lowest BCUT2D eigenvalue weighted by Crippen LogP contribution is -2.19. The summed E-state index contributed by atoms with van der Waals surface area (Å²) in [7, 11) is 0. The molecule has 0 saturated carbocycles. The maximum Gasteiger partial charge on any atom is 0.323 e. The molecule has 2 heterocycles. The van der Waals surface area contributed by atoms with Gasteiger partial charge in [-0.1, -0.05) is 12.1 Å². The van der Waals surface area contributed by atoms with Crippen LogP contribution in [0.15, 0.2) is 47.4 Å². The molecule has 0 aliphatic rings. The summed E-state index contributed by atoms with van der Waals surface area (Å²) in [6.45, 7) is -0.358. The first-order valence-corrected chi connectivity index (χ1v) is 7.59. The number of halogens is 2. The zero-order valence-corrected chi connectivity index (χ0v) is 13.1. The van der Waals surface area contributed by atoms with Crippen molar-refractivity contribution < 1.29 is 18.7 Å². The average Bonchev–Trinajstić information content (AvgIpc) is 2.59. The number of aromatic nitrogens is 2. The van der Waals surface area contributed by atoms with Gasteiger partial charge in [0, 0.05) is 18.0 Å². The lowest BCUT2D eigenvalue weighted by atomic mass is 10.1. The van der Waals surface area contributed by atoms with Gasteiger partial charge in [0.25, 0.3) is 0 Å². The van der Waals surface area contributed by atoms with Gasteiger partial charge in [0.1, 0.15) is 12.1 Å². The van der Waals surface area contributed by atoms with E-state index in [1.54, 1.807) is 12.1 Å². The summed E-state index contributed by atoms with van der Waals surface area (Å²) in [4.78, 5) is 27.4. The fourth-order valence-corrected chi connectivity index (χ4v) is 2.79. The SMILES string of the molecule is O=C(O)Cn1c(CCc2cccc(F)c2F)cc(=O)c2ncccc21. The van der Waals surface area contributed by atoms with Crippen molar-refractivity contribution in [1.82, 2.24) is 9.55 Å². The largest absolute Gasteiger partial charge is 0.480 e. The first kappa shape index (κ1) is 16.8. The van der Waals surface area contributed by atoms with Crippen molar-refractivity contribution >= 4 is 17.0 Å². The number of nitrogens with zero attached hydrogens (tertiary/aromatic N) is 2. The van der Waals surface area contributed by atoms with Crippen LogP contribution in [-0.4, -0.2) is 20.6 Å². The molecule has 0 atom stereocenters. The predicted molar refractivity (Wildman–Crippen MR) is 87.4 cm³/mol. The zero-order chi connectivity index (χ0) is 18.0. The van der Waals surface area contributed by atoms with Crippen LogP contribution in [-0.2, 0) is 24.2 Å². The summed E-state index contributed by atoms with van der Waals surface area (Å²) < 4.78 is 28.6. The van der Waals surface area contributed by atoms with Crippen molar-refractivity contribution in [2.75, 3.05) is 0 Å². The number of carboxylic acid groups (broad SMARTS) is 1. The minimum absolute atomic E-state index is 0.133. The summed E-state index contributed by atoms with van der Waals surface area (Å²) in [6, 6.07) is 8.41. The number of carbonyl (C=O) groups is 1. The molecule has 0 bridgehead atoms. The van der Waals surface area contributed by atoms with Gasteiger partial charge in [-0.25, -0.2) is 8.78 Å². The molecule has 3 rings (SSSR count). The quantitative estimate of drug-likeness (QED) is 0.772. The molecule has 0 aliphatic carbocycles. The first-order chi connectivity index (χ1) is 12.0. The maximum atomic E-state index is 13.8.